The quantitative estimate of drug-likeness (QED) is 0.755. The van der Waals surface area contributed by atoms with Crippen LogP contribution < -0.4 is 10.1 Å². The van der Waals surface area contributed by atoms with Crippen LogP contribution in [0.5, 0.6) is 5.88 Å². The lowest BCUT2D eigenvalue weighted by molar-refractivity contribution is -0.135. The molecular formula is C15H23F3N2O. The molecule has 1 rings (SSSR count). The van der Waals surface area contributed by atoms with E-state index in [1.165, 1.54) is 0 Å². The van der Waals surface area contributed by atoms with Gasteiger partial charge < -0.3 is 10.1 Å². The first-order valence-electron chi connectivity index (χ1n) is 7.23. The van der Waals surface area contributed by atoms with Gasteiger partial charge in [-0.3, -0.25) is 0 Å². The van der Waals surface area contributed by atoms with Gasteiger partial charge >= 0.3 is 6.18 Å². The van der Waals surface area contributed by atoms with Crippen molar-refractivity contribution in [3.05, 3.63) is 23.9 Å². The summed E-state index contributed by atoms with van der Waals surface area (Å²) in [4.78, 5) is 4.12. The van der Waals surface area contributed by atoms with Crippen LogP contribution >= 0.6 is 0 Å². The zero-order chi connectivity index (χ0) is 15.7. The maximum Gasteiger partial charge on any atom is 0.389 e. The molecule has 0 radical (unpaired) electrons. The topological polar surface area (TPSA) is 34.1 Å². The zero-order valence-electron chi connectivity index (χ0n) is 12.5. The van der Waals surface area contributed by atoms with E-state index in [2.05, 4.69) is 10.3 Å². The Balaban J connectivity index is 2.51. The molecule has 1 heterocycles. The van der Waals surface area contributed by atoms with E-state index in [1.807, 2.05) is 13.0 Å². The summed E-state index contributed by atoms with van der Waals surface area (Å²) >= 11 is 0. The number of aromatic nitrogens is 1. The molecule has 1 atom stereocenters. The summed E-state index contributed by atoms with van der Waals surface area (Å²) in [6.07, 6.45) is -0.802. The van der Waals surface area contributed by atoms with Crippen molar-refractivity contribution in [1.82, 2.24) is 10.3 Å². The summed E-state index contributed by atoms with van der Waals surface area (Å²) < 4.78 is 41.7. The van der Waals surface area contributed by atoms with Gasteiger partial charge in [0.1, 0.15) is 0 Å². The van der Waals surface area contributed by atoms with Crippen LogP contribution in [0, 0.1) is 0 Å². The van der Waals surface area contributed by atoms with Gasteiger partial charge in [0.15, 0.2) is 0 Å². The van der Waals surface area contributed by atoms with Crippen LogP contribution in [0.15, 0.2) is 18.3 Å². The van der Waals surface area contributed by atoms with Crippen LogP contribution in [0.25, 0.3) is 0 Å². The van der Waals surface area contributed by atoms with Crippen molar-refractivity contribution in [2.75, 3.05) is 13.7 Å². The molecule has 0 aliphatic heterocycles. The molecule has 0 aliphatic carbocycles. The maximum absolute atomic E-state index is 12.2. The number of halogens is 3. The lowest BCUT2D eigenvalue weighted by atomic mass is 10.0. The van der Waals surface area contributed by atoms with Crippen molar-refractivity contribution in [3.8, 4) is 5.88 Å². The highest BCUT2D eigenvalue weighted by Crippen LogP contribution is 2.23. The zero-order valence-corrected chi connectivity index (χ0v) is 12.5. The molecule has 0 saturated carbocycles. The number of hydrogen-bond acceptors (Lipinski definition) is 3. The number of nitrogens with zero attached hydrogens (tertiary/aromatic N) is 1. The Bertz CT molecular complexity index is 393. The first-order valence-corrected chi connectivity index (χ1v) is 7.23. The lowest BCUT2D eigenvalue weighted by Gasteiger charge is -2.19. The number of methoxy groups -OCH3 is 1. The standard InChI is InChI=1S/C15H23F3N2O/c1-3-9-19-13(5-4-8-15(16,17)18)10-12-6-7-14(21-2)20-11-12/h6-7,11,13,19H,3-5,8-10H2,1-2H3. The predicted octanol–water partition coefficient (Wildman–Crippen LogP) is 3.73. The summed E-state index contributed by atoms with van der Waals surface area (Å²) in [6.45, 7) is 2.84. The van der Waals surface area contributed by atoms with Gasteiger partial charge in [0.25, 0.3) is 0 Å². The molecule has 0 aromatic carbocycles. The Hall–Kier alpha value is -1.30. The molecule has 0 fully saturated rings. The summed E-state index contributed by atoms with van der Waals surface area (Å²) in [5, 5.41) is 3.31. The molecule has 0 bridgehead atoms. The van der Waals surface area contributed by atoms with Crippen molar-refractivity contribution < 1.29 is 17.9 Å². The fourth-order valence-corrected chi connectivity index (χ4v) is 2.11. The number of alkyl halides is 3. The molecule has 1 aromatic rings. The van der Waals surface area contributed by atoms with E-state index in [1.54, 1.807) is 19.4 Å². The maximum atomic E-state index is 12.2. The Morgan fingerprint density at radius 2 is 2.10 bits per heavy atom. The molecule has 0 spiro atoms. The molecule has 0 amide bonds. The Morgan fingerprint density at radius 3 is 2.62 bits per heavy atom. The first kappa shape index (κ1) is 17.8. The van der Waals surface area contributed by atoms with Crippen molar-refractivity contribution in [2.45, 2.75) is 51.2 Å². The molecule has 120 valence electrons. The van der Waals surface area contributed by atoms with E-state index in [0.29, 0.717) is 18.7 Å². The molecule has 1 unspecified atom stereocenters. The summed E-state index contributed by atoms with van der Waals surface area (Å²) in [6, 6.07) is 3.71. The van der Waals surface area contributed by atoms with E-state index in [0.717, 1.165) is 18.5 Å². The molecule has 3 nitrogen and oxygen atoms in total. The van der Waals surface area contributed by atoms with Crippen LogP contribution in [0.4, 0.5) is 13.2 Å². The highest BCUT2D eigenvalue weighted by Gasteiger charge is 2.26. The van der Waals surface area contributed by atoms with Crippen molar-refractivity contribution in [2.24, 2.45) is 0 Å². The van der Waals surface area contributed by atoms with Crippen LogP contribution in [0.3, 0.4) is 0 Å². The van der Waals surface area contributed by atoms with Gasteiger partial charge in [-0.05, 0) is 37.8 Å². The van der Waals surface area contributed by atoms with E-state index < -0.39 is 12.6 Å². The second-order valence-electron chi connectivity index (χ2n) is 5.07. The van der Waals surface area contributed by atoms with Gasteiger partial charge in [-0.1, -0.05) is 13.0 Å². The van der Waals surface area contributed by atoms with Gasteiger partial charge in [-0.15, -0.1) is 0 Å². The average molecular weight is 304 g/mol. The van der Waals surface area contributed by atoms with E-state index in [4.69, 9.17) is 4.74 Å². The van der Waals surface area contributed by atoms with Gasteiger partial charge in [-0.2, -0.15) is 13.2 Å². The van der Waals surface area contributed by atoms with Crippen molar-refractivity contribution in [3.63, 3.8) is 0 Å². The average Bonchev–Trinajstić information content (AvgIpc) is 2.44. The minimum Gasteiger partial charge on any atom is -0.481 e. The molecule has 0 saturated heterocycles. The number of ether oxygens (including phenoxy) is 1. The smallest absolute Gasteiger partial charge is 0.389 e. The fourth-order valence-electron chi connectivity index (χ4n) is 2.11. The second kappa shape index (κ2) is 8.87. The minimum atomic E-state index is -4.07. The third-order valence-electron chi connectivity index (χ3n) is 3.18. The number of nitrogens with one attached hydrogen (secondary N) is 1. The van der Waals surface area contributed by atoms with Crippen molar-refractivity contribution in [1.29, 1.82) is 0 Å². The molecule has 1 N–H and O–H groups in total. The SMILES string of the molecule is CCCNC(CCCC(F)(F)F)Cc1ccc(OC)nc1. The van der Waals surface area contributed by atoms with E-state index >= 15 is 0 Å². The predicted molar refractivity (Wildman–Crippen MR) is 76.5 cm³/mol. The second-order valence-corrected chi connectivity index (χ2v) is 5.07. The fraction of sp³-hybridized carbons (Fsp3) is 0.667. The number of pyridine rings is 1. The third kappa shape index (κ3) is 7.90. The normalized spacial score (nSPS) is 13.2. The Kier molecular flexibility index (Phi) is 7.50. The van der Waals surface area contributed by atoms with Crippen LogP contribution in [-0.2, 0) is 6.42 Å². The molecule has 6 heteroatoms. The van der Waals surface area contributed by atoms with Crippen LogP contribution in [0.1, 0.15) is 38.2 Å². The largest absolute Gasteiger partial charge is 0.481 e. The summed E-state index contributed by atoms with van der Waals surface area (Å²) in [5.74, 6) is 0.536. The minimum absolute atomic E-state index is 0.0440. The highest BCUT2D eigenvalue weighted by atomic mass is 19.4. The summed E-state index contributed by atoms with van der Waals surface area (Å²) in [5.41, 5.74) is 0.997. The Morgan fingerprint density at radius 1 is 1.33 bits per heavy atom. The summed E-state index contributed by atoms with van der Waals surface area (Å²) in [7, 11) is 1.55. The Labute approximate surface area is 123 Å². The molecular weight excluding hydrogens is 281 g/mol. The first-order chi connectivity index (χ1) is 9.94. The van der Waals surface area contributed by atoms with Gasteiger partial charge in [0.05, 0.1) is 7.11 Å². The molecule has 1 aromatic heterocycles. The van der Waals surface area contributed by atoms with Gasteiger partial charge in [0, 0.05) is 24.7 Å². The van der Waals surface area contributed by atoms with E-state index in [9.17, 15) is 13.2 Å². The highest BCUT2D eigenvalue weighted by molar-refractivity contribution is 5.18. The molecule has 21 heavy (non-hydrogen) atoms. The monoisotopic (exact) mass is 304 g/mol. The molecule has 0 aliphatic rings. The third-order valence-corrected chi connectivity index (χ3v) is 3.18. The van der Waals surface area contributed by atoms with Gasteiger partial charge in [0.2, 0.25) is 5.88 Å². The van der Waals surface area contributed by atoms with Gasteiger partial charge in [-0.25, -0.2) is 4.98 Å². The van der Waals surface area contributed by atoms with Crippen LogP contribution in [-0.4, -0.2) is 30.9 Å². The lowest BCUT2D eigenvalue weighted by Crippen LogP contribution is -2.32. The number of hydrogen-bond donors (Lipinski definition) is 1. The van der Waals surface area contributed by atoms with E-state index in [-0.39, 0.29) is 12.5 Å². The van der Waals surface area contributed by atoms with Crippen molar-refractivity contribution >= 4 is 0 Å². The number of rotatable bonds is 9. The van der Waals surface area contributed by atoms with Crippen LogP contribution in [0.2, 0.25) is 0 Å².